The quantitative estimate of drug-likeness (QED) is 0.817. The molecule has 1 saturated carbocycles. The number of rotatable bonds is 5. The fourth-order valence-corrected chi connectivity index (χ4v) is 4.52. The SMILES string of the molecule is CN1[C@H](COCC2CC2)CCC12CCN(C(=O)c1ccnn1C)CC2. The van der Waals surface area contributed by atoms with Crippen LogP contribution in [0.25, 0.3) is 0 Å². The minimum atomic E-state index is 0.111. The summed E-state index contributed by atoms with van der Waals surface area (Å²) in [6.45, 7) is 3.49. The zero-order valence-electron chi connectivity index (χ0n) is 15.5. The Bertz CT molecular complexity index is 617. The summed E-state index contributed by atoms with van der Waals surface area (Å²) in [5.41, 5.74) is 0.943. The van der Waals surface area contributed by atoms with Crippen molar-refractivity contribution in [3.8, 4) is 0 Å². The number of aromatic nitrogens is 2. The molecule has 1 spiro atoms. The predicted molar refractivity (Wildman–Crippen MR) is 95.4 cm³/mol. The smallest absolute Gasteiger partial charge is 0.272 e. The topological polar surface area (TPSA) is 50.6 Å². The minimum Gasteiger partial charge on any atom is -0.380 e. The number of hydrogen-bond acceptors (Lipinski definition) is 4. The Morgan fingerprint density at radius 2 is 1.96 bits per heavy atom. The summed E-state index contributed by atoms with van der Waals surface area (Å²) in [6.07, 6.45) is 8.97. The van der Waals surface area contributed by atoms with Gasteiger partial charge in [0.15, 0.2) is 0 Å². The molecule has 2 aliphatic heterocycles. The summed E-state index contributed by atoms with van der Waals surface area (Å²) in [4.78, 5) is 17.2. The highest BCUT2D eigenvalue weighted by Gasteiger charge is 2.46. The molecule has 4 rings (SSSR count). The standard InChI is InChI=1S/C19H30N4O2/c1-21-16(14-25-13-15-3-4-15)5-7-19(21)8-11-23(12-9-19)18(24)17-6-10-20-22(17)2/h6,10,15-16H,3-5,7-9,11-14H2,1-2H3/t16-/m0/s1. The van der Waals surface area contributed by atoms with Crippen molar-refractivity contribution in [2.75, 3.05) is 33.4 Å². The maximum Gasteiger partial charge on any atom is 0.272 e. The second kappa shape index (κ2) is 6.72. The molecule has 25 heavy (non-hydrogen) atoms. The molecule has 0 aromatic carbocycles. The van der Waals surface area contributed by atoms with Gasteiger partial charge in [-0.15, -0.1) is 0 Å². The van der Waals surface area contributed by atoms with Crippen molar-refractivity contribution in [2.24, 2.45) is 13.0 Å². The van der Waals surface area contributed by atoms with Gasteiger partial charge in [-0.2, -0.15) is 5.10 Å². The third kappa shape index (κ3) is 3.34. The third-order valence-corrected chi connectivity index (χ3v) is 6.62. The maximum absolute atomic E-state index is 12.7. The molecule has 138 valence electrons. The second-order valence-corrected chi connectivity index (χ2v) is 8.14. The monoisotopic (exact) mass is 346 g/mol. The van der Waals surface area contributed by atoms with Crippen molar-refractivity contribution in [3.05, 3.63) is 18.0 Å². The van der Waals surface area contributed by atoms with E-state index < -0.39 is 0 Å². The van der Waals surface area contributed by atoms with Gasteiger partial charge < -0.3 is 9.64 Å². The highest BCUT2D eigenvalue weighted by molar-refractivity contribution is 5.92. The van der Waals surface area contributed by atoms with Gasteiger partial charge in [0, 0.05) is 44.5 Å². The van der Waals surface area contributed by atoms with Crippen LogP contribution in [0.4, 0.5) is 0 Å². The Morgan fingerprint density at radius 1 is 1.20 bits per heavy atom. The van der Waals surface area contributed by atoms with Gasteiger partial charge in [0.05, 0.1) is 6.61 Å². The molecular weight excluding hydrogens is 316 g/mol. The van der Waals surface area contributed by atoms with Crippen molar-refractivity contribution in [1.29, 1.82) is 0 Å². The summed E-state index contributed by atoms with van der Waals surface area (Å²) in [7, 11) is 4.09. The largest absolute Gasteiger partial charge is 0.380 e. The van der Waals surface area contributed by atoms with E-state index in [1.54, 1.807) is 10.9 Å². The van der Waals surface area contributed by atoms with E-state index in [1.807, 2.05) is 18.0 Å². The second-order valence-electron chi connectivity index (χ2n) is 8.14. The van der Waals surface area contributed by atoms with E-state index in [4.69, 9.17) is 4.74 Å². The molecule has 0 bridgehead atoms. The van der Waals surface area contributed by atoms with Crippen LogP contribution < -0.4 is 0 Å². The summed E-state index contributed by atoms with van der Waals surface area (Å²) < 4.78 is 7.62. The Labute approximate surface area is 150 Å². The molecule has 1 aromatic heterocycles. The number of likely N-dealkylation sites (tertiary alicyclic amines) is 2. The maximum atomic E-state index is 12.7. The van der Waals surface area contributed by atoms with Gasteiger partial charge in [-0.1, -0.05) is 0 Å². The fourth-order valence-electron chi connectivity index (χ4n) is 4.52. The van der Waals surface area contributed by atoms with Gasteiger partial charge in [-0.05, 0) is 57.6 Å². The van der Waals surface area contributed by atoms with Crippen LogP contribution in [0.3, 0.4) is 0 Å². The number of ether oxygens (including phenoxy) is 1. The van der Waals surface area contributed by atoms with E-state index in [-0.39, 0.29) is 11.4 Å². The molecule has 3 fully saturated rings. The van der Waals surface area contributed by atoms with Crippen LogP contribution in [0.15, 0.2) is 12.3 Å². The zero-order chi connectivity index (χ0) is 17.4. The average molecular weight is 346 g/mol. The Balaban J connectivity index is 1.31. The molecule has 2 saturated heterocycles. The number of carbonyl (C=O) groups excluding carboxylic acids is 1. The van der Waals surface area contributed by atoms with E-state index in [0.717, 1.165) is 45.1 Å². The zero-order valence-corrected chi connectivity index (χ0v) is 15.5. The molecule has 0 N–H and O–H groups in total. The van der Waals surface area contributed by atoms with Gasteiger partial charge in [0.2, 0.25) is 0 Å². The number of likely N-dealkylation sites (N-methyl/N-ethyl adjacent to an activating group) is 1. The third-order valence-electron chi connectivity index (χ3n) is 6.62. The van der Waals surface area contributed by atoms with Gasteiger partial charge in [-0.3, -0.25) is 14.4 Å². The average Bonchev–Trinajstić information content (AvgIpc) is 3.28. The molecule has 1 aliphatic carbocycles. The molecule has 0 radical (unpaired) electrons. The Morgan fingerprint density at radius 3 is 2.60 bits per heavy atom. The number of piperidine rings is 1. The van der Waals surface area contributed by atoms with Gasteiger partial charge in [0.25, 0.3) is 5.91 Å². The van der Waals surface area contributed by atoms with Gasteiger partial charge >= 0.3 is 0 Å². The highest BCUT2D eigenvalue weighted by atomic mass is 16.5. The van der Waals surface area contributed by atoms with Crippen molar-refractivity contribution in [1.82, 2.24) is 19.6 Å². The number of aryl methyl sites for hydroxylation is 1. The van der Waals surface area contributed by atoms with Crippen LogP contribution in [-0.2, 0) is 11.8 Å². The lowest BCUT2D eigenvalue weighted by molar-refractivity contribution is 0.0170. The predicted octanol–water partition coefficient (Wildman–Crippen LogP) is 1.92. The number of nitrogens with zero attached hydrogens (tertiary/aromatic N) is 4. The number of carbonyl (C=O) groups is 1. The van der Waals surface area contributed by atoms with Crippen LogP contribution in [0.1, 0.15) is 49.0 Å². The summed E-state index contributed by atoms with van der Waals surface area (Å²) in [5.74, 6) is 0.946. The van der Waals surface area contributed by atoms with Crippen LogP contribution in [0, 0.1) is 5.92 Å². The summed E-state index contributed by atoms with van der Waals surface area (Å²) in [5, 5.41) is 4.12. The lowest BCUT2D eigenvalue weighted by Gasteiger charge is -2.45. The van der Waals surface area contributed by atoms with E-state index >= 15 is 0 Å². The van der Waals surface area contributed by atoms with Gasteiger partial charge in [-0.25, -0.2) is 0 Å². The van der Waals surface area contributed by atoms with E-state index in [2.05, 4.69) is 17.0 Å². The molecular formula is C19H30N4O2. The van der Waals surface area contributed by atoms with Crippen molar-refractivity contribution < 1.29 is 9.53 Å². The van der Waals surface area contributed by atoms with E-state index in [9.17, 15) is 4.79 Å². The van der Waals surface area contributed by atoms with Crippen LogP contribution >= 0.6 is 0 Å². The lowest BCUT2D eigenvalue weighted by Crippen LogP contribution is -2.54. The molecule has 3 aliphatic rings. The van der Waals surface area contributed by atoms with Crippen LogP contribution in [0.5, 0.6) is 0 Å². The van der Waals surface area contributed by atoms with Crippen molar-refractivity contribution in [2.45, 2.75) is 50.1 Å². The first-order valence-corrected chi connectivity index (χ1v) is 9.67. The summed E-state index contributed by atoms with van der Waals surface area (Å²) in [6, 6.07) is 2.35. The van der Waals surface area contributed by atoms with Crippen molar-refractivity contribution in [3.63, 3.8) is 0 Å². The molecule has 6 nitrogen and oxygen atoms in total. The molecule has 1 atom stereocenters. The molecule has 6 heteroatoms. The molecule has 1 aromatic rings. The number of amides is 1. The van der Waals surface area contributed by atoms with E-state index in [1.165, 1.54) is 25.7 Å². The van der Waals surface area contributed by atoms with Gasteiger partial charge in [0.1, 0.15) is 5.69 Å². The molecule has 3 heterocycles. The first-order chi connectivity index (χ1) is 12.1. The number of hydrogen-bond donors (Lipinski definition) is 0. The first kappa shape index (κ1) is 17.0. The van der Waals surface area contributed by atoms with Crippen molar-refractivity contribution >= 4 is 5.91 Å². The molecule has 1 amide bonds. The van der Waals surface area contributed by atoms with Crippen LogP contribution in [0.2, 0.25) is 0 Å². The summed E-state index contributed by atoms with van der Waals surface area (Å²) >= 11 is 0. The Hall–Kier alpha value is -1.40. The first-order valence-electron chi connectivity index (χ1n) is 9.67. The fraction of sp³-hybridized carbons (Fsp3) is 0.789. The highest BCUT2D eigenvalue weighted by Crippen LogP contribution is 2.41. The van der Waals surface area contributed by atoms with E-state index in [0.29, 0.717) is 11.7 Å². The Kier molecular flexibility index (Phi) is 4.58. The molecule has 0 unspecified atom stereocenters. The lowest BCUT2D eigenvalue weighted by atomic mass is 9.85. The normalized spacial score (nSPS) is 26.5. The van der Waals surface area contributed by atoms with Crippen LogP contribution in [-0.4, -0.2) is 70.4 Å². The minimum absolute atomic E-state index is 0.111.